The van der Waals surface area contributed by atoms with Crippen molar-refractivity contribution in [1.29, 1.82) is 0 Å². The van der Waals surface area contributed by atoms with Gasteiger partial charge in [0.05, 0.1) is 28.5 Å². The quantitative estimate of drug-likeness (QED) is 0.500. The predicted molar refractivity (Wildman–Crippen MR) is 155 cm³/mol. The number of fused-ring (bicyclic) bond motifs is 2. The van der Waals surface area contributed by atoms with Gasteiger partial charge in [0.2, 0.25) is 0 Å². The molecule has 0 amide bonds. The summed E-state index contributed by atoms with van der Waals surface area (Å²) < 4.78 is 15.1. The molecule has 3 heterocycles. The fraction of sp³-hybridized carbons (Fsp3) is 0.452. The summed E-state index contributed by atoms with van der Waals surface area (Å²) >= 11 is 0. The molecule has 0 spiro atoms. The lowest BCUT2D eigenvalue weighted by molar-refractivity contribution is 0.191. The number of hydrogen-bond donors (Lipinski definition) is 1. The molecule has 1 N–H and O–H groups in total. The maximum absolute atomic E-state index is 13.0. The Kier molecular flexibility index (Phi) is 7.88. The molecule has 2 aliphatic heterocycles. The maximum atomic E-state index is 13.0. The summed E-state index contributed by atoms with van der Waals surface area (Å²) in [5, 5.41) is 3.82. The van der Waals surface area contributed by atoms with Crippen molar-refractivity contribution >= 4 is 16.7 Å². The molecule has 6 nitrogen and oxygen atoms in total. The van der Waals surface area contributed by atoms with Gasteiger partial charge in [-0.1, -0.05) is 48.5 Å². The highest BCUT2D eigenvalue weighted by atomic mass is 32.2. The van der Waals surface area contributed by atoms with Crippen LogP contribution in [0.2, 0.25) is 0 Å². The van der Waals surface area contributed by atoms with E-state index in [0.29, 0.717) is 17.8 Å². The number of piperazine rings is 1. The molecule has 2 aromatic carbocycles. The molecule has 1 fully saturated rings. The van der Waals surface area contributed by atoms with Crippen LogP contribution in [-0.2, 0) is 36.1 Å². The van der Waals surface area contributed by atoms with Crippen molar-refractivity contribution < 1.29 is 4.21 Å². The number of aryl methyl sites for hydroxylation is 1. The van der Waals surface area contributed by atoms with Gasteiger partial charge in [-0.3, -0.25) is 9.88 Å². The van der Waals surface area contributed by atoms with Gasteiger partial charge in [-0.2, -0.15) is 0 Å². The van der Waals surface area contributed by atoms with Gasteiger partial charge >= 0.3 is 0 Å². The second-order valence-corrected chi connectivity index (χ2v) is 12.4. The summed E-state index contributed by atoms with van der Waals surface area (Å²) in [6.45, 7) is 5.44. The first-order valence-corrected chi connectivity index (χ1v) is 15.3. The zero-order valence-corrected chi connectivity index (χ0v) is 23.2. The van der Waals surface area contributed by atoms with E-state index in [1.165, 1.54) is 40.9 Å². The van der Waals surface area contributed by atoms with E-state index in [1.807, 2.05) is 24.4 Å². The minimum Gasteiger partial charge on any atom is -0.369 e. The molecule has 1 aliphatic carbocycles. The monoisotopic (exact) mass is 529 g/mol. The van der Waals surface area contributed by atoms with Crippen LogP contribution in [0.4, 0.5) is 5.69 Å². The Labute approximate surface area is 229 Å². The first-order valence-electron chi connectivity index (χ1n) is 14.1. The molecular formula is C31H39N5OS. The molecule has 3 aliphatic rings. The highest BCUT2D eigenvalue weighted by Gasteiger charge is 2.30. The highest BCUT2D eigenvalue weighted by molar-refractivity contribution is 7.81. The topological polar surface area (TPSA) is 51.7 Å². The van der Waals surface area contributed by atoms with Crippen LogP contribution in [0.25, 0.3) is 0 Å². The van der Waals surface area contributed by atoms with E-state index in [4.69, 9.17) is 4.98 Å². The molecule has 1 aromatic heterocycles. The molecule has 200 valence electrons. The Balaban J connectivity index is 1.09. The smallest absolute Gasteiger partial charge is 0.0988 e. The van der Waals surface area contributed by atoms with Gasteiger partial charge in [0, 0.05) is 57.2 Å². The number of aromatic nitrogens is 1. The largest absolute Gasteiger partial charge is 0.369 e. The van der Waals surface area contributed by atoms with Gasteiger partial charge in [-0.05, 0) is 67.1 Å². The van der Waals surface area contributed by atoms with E-state index in [2.05, 4.69) is 68.9 Å². The number of nitrogens with zero attached hydrogens (tertiary/aromatic N) is 4. The van der Waals surface area contributed by atoms with Crippen molar-refractivity contribution in [1.82, 2.24) is 19.5 Å². The number of hydrogen-bond acceptors (Lipinski definition) is 5. The zero-order chi connectivity index (χ0) is 25.9. The second kappa shape index (κ2) is 11.7. The van der Waals surface area contributed by atoms with Crippen molar-refractivity contribution in [2.24, 2.45) is 0 Å². The summed E-state index contributed by atoms with van der Waals surface area (Å²) in [7, 11) is 1.29. The molecule has 3 aromatic rings. The molecule has 0 saturated carbocycles. The van der Waals surface area contributed by atoms with Crippen molar-refractivity contribution in [2.75, 3.05) is 44.7 Å². The van der Waals surface area contributed by atoms with Gasteiger partial charge < -0.3 is 10.2 Å². The second-order valence-electron chi connectivity index (χ2n) is 11.0. The molecule has 0 bridgehead atoms. The van der Waals surface area contributed by atoms with Crippen LogP contribution in [0.1, 0.15) is 46.8 Å². The van der Waals surface area contributed by atoms with Gasteiger partial charge in [-0.15, -0.1) is 0 Å². The Hall–Kier alpha value is -2.58. The van der Waals surface area contributed by atoms with Gasteiger partial charge in [-0.25, -0.2) is 8.51 Å². The Bertz CT molecular complexity index is 1260. The number of rotatable bonds is 7. The third-order valence-corrected chi connectivity index (χ3v) is 10.0. The van der Waals surface area contributed by atoms with Crippen LogP contribution in [0.15, 0.2) is 66.9 Å². The summed E-state index contributed by atoms with van der Waals surface area (Å²) in [6.07, 6.45) is 6.56. The molecular weight excluding hydrogens is 490 g/mol. The van der Waals surface area contributed by atoms with Crippen molar-refractivity contribution in [3.05, 3.63) is 94.8 Å². The normalized spacial score (nSPS) is 22.6. The Morgan fingerprint density at radius 2 is 1.82 bits per heavy atom. The summed E-state index contributed by atoms with van der Waals surface area (Å²) in [5.74, 6) is 0.601. The third-order valence-electron chi connectivity index (χ3n) is 8.49. The van der Waals surface area contributed by atoms with Crippen LogP contribution >= 0.6 is 0 Å². The van der Waals surface area contributed by atoms with Crippen LogP contribution < -0.4 is 10.2 Å². The molecule has 1 unspecified atom stereocenters. The average Bonchev–Trinajstić information content (AvgIpc) is 2.97. The van der Waals surface area contributed by atoms with E-state index in [9.17, 15) is 4.21 Å². The van der Waals surface area contributed by atoms with E-state index < -0.39 is 11.0 Å². The maximum Gasteiger partial charge on any atom is 0.0988 e. The SMILES string of the molecule is CN(C[C@H]1Cc2c(cccc2N2CCN(S(=O)Cc3ccccc3)CC2)CN1)[C@H]1CCCc2cccnc21. The lowest BCUT2D eigenvalue weighted by Crippen LogP contribution is -2.48. The van der Waals surface area contributed by atoms with Crippen molar-refractivity contribution in [3.8, 4) is 0 Å². The molecule has 38 heavy (non-hydrogen) atoms. The molecule has 0 radical (unpaired) electrons. The van der Waals surface area contributed by atoms with Gasteiger partial charge in [0.1, 0.15) is 0 Å². The highest BCUT2D eigenvalue weighted by Crippen LogP contribution is 2.33. The number of likely N-dealkylation sites (N-methyl/N-ethyl adjacent to an activating group) is 1. The average molecular weight is 530 g/mol. The van der Waals surface area contributed by atoms with Crippen molar-refractivity contribution in [2.45, 2.75) is 50.1 Å². The Morgan fingerprint density at radius 3 is 2.66 bits per heavy atom. The zero-order valence-electron chi connectivity index (χ0n) is 22.4. The number of benzene rings is 2. The lowest BCUT2D eigenvalue weighted by atomic mass is 9.89. The summed E-state index contributed by atoms with van der Waals surface area (Å²) in [6, 6.07) is 22.1. The first-order chi connectivity index (χ1) is 18.7. The van der Waals surface area contributed by atoms with Crippen LogP contribution in [-0.4, -0.2) is 64.2 Å². The third kappa shape index (κ3) is 5.57. The van der Waals surface area contributed by atoms with E-state index in [1.54, 1.807) is 0 Å². The molecule has 7 heteroatoms. The summed E-state index contributed by atoms with van der Waals surface area (Å²) in [4.78, 5) is 9.81. The van der Waals surface area contributed by atoms with Crippen LogP contribution in [0, 0.1) is 0 Å². The minimum atomic E-state index is -0.976. The molecule has 1 saturated heterocycles. The van der Waals surface area contributed by atoms with Gasteiger partial charge in [0.15, 0.2) is 0 Å². The summed E-state index contributed by atoms with van der Waals surface area (Å²) in [5.41, 5.74) is 8.12. The molecule has 6 rings (SSSR count). The number of anilines is 1. The van der Waals surface area contributed by atoms with E-state index in [-0.39, 0.29) is 0 Å². The molecule has 3 atom stereocenters. The predicted octanol–water partition coefficient (Wildman–Crippen LogP) is 4.09. The van der Waals surface area contributed by atoms with Crippen LogP contribution in [0.3, 0.4) is 0 Å². The van der Waals surface area contributed by atoms with Crippen molar-refractivity contribution in [3.63, 3.8) is 0 Å². The number of pyridine rings is 1. The fourth-order valence-electron chi connectivity index (χ4n) is 6.45. The minimum absolute atomic E-state index is 0.406. The lowest BCUT2D eigenvalue weighted by Gasteiger charge is -2.39. The Morgan fingerprint density at radius 1 is 1.00 bits per heavy atom. The standard InChI is InChI=1S/C31H39N5OS/c1-34(30-14-5-10-25-12-7-15-32-31(25)30)22-27-20-28-26(21-33-27)11-6-13-29(28)35-16-18-36(19-17-35)38(37)23-24-8-3-2-4-9-24/h2-4,6-9,11-13,15,27,30,33H,5,10,14,16-23H2,1H3/t27-,30+,38?/m1/s1. The fourth-order valence-corrected chi connectivity index (χ4v) is 7.68. The first kappa shape index (κ1) is 25.7. The van der Waals surface area contributed by atoms with E-state index >= 15 is 0 Å². The van der Waals surface area contributed by atoms with Gasteiger partial charge in [0.25, 0.3) is 0 Å². The van der Waals surface area contributed by atoms with Crippen LogP contribution in [0.5, 0.6) is 0 Å². The number of nitrogens with one attached hydrogen (secondary N) is 1. The van der Waals surface area contributed by atoms with E-state index in [0.717, 1.165) is 57.7 Å².